The first-order valence-corrected chi connectivity index (χ1v) is 6.91. The molecule has 1 heterocycles. The average molecular weight is 281 g/mol. The Morgan fingerprint density at radius 2 is 2.00 bits per heavy atom. The summed E-state index contributed by atoms with van der Waals surface area (Å²) >= 11 is 0. The van der Waals surface area contributed by atoms with Crippen LogP contribution in [0.25, 0.3) is 0 Å². The zero-order chi connectivity index (χ0) is 12.5. The fourth-order valence-corrected chi connectivity index (χ4v) is 3.08. The standard InChI is InChI=1S/C15H20N2O.ClH/c16-14-5-2-8-17(10-14)15(18)13-7-6-11-3-1-4-12(11)9-13;/h6-7,9,14H,1-5,8,10,16H2;1H. The van der Waals surface area contributed by atoms with E-state index in [1.807, 2.05) is 11.0 Å². The number of benzene rings is 1. The number of hydrogen-bond donors (Lipinski definition) is 1. The number of rotatable bonds is 1. The van der Waals surface area contributed by atoms with E-state index in [1.54, 1.807) is 0 Å². The van der Waals surface area contributed by atoms with Crippen molar-refractivity contribution in [3.63, 3.8) is 0 Å². The van der Waals surface area contributed by atoms with Crippen LogP contribution in [0.3, 0.4) is 0 Å². The molecule has 1 atom stereocenters. The van der Waals surface area contributed by atoms with E-state index in [-0.39, 0.29) is 24.4 Å². The van der Waals surface area contributed by atoms with Crippen LogP contribution in [-0.4, -0.2) is 29.9 Å². The van der Waals surface area contributed by atoms with Crippen LogP contribution >= 0.6 is 12.4 Å². The Balaban J connectivity index is 0.00000133. The number of hydrogen-bond acceptors (Lipinski definition) is 2. The lowest BCUT2D eigenvalue weighted by Gasteiger charge is -2.31. The first-order chi connectivity index (χ1) is 8.74. The largest absolute Gasteiger partial charge is 0.337 e. The average Bonchev–Trinajstić information content (AvgIpc) is 2.85. The van der Waals surface area contributed by atoms with E-state index in [0.717, 1.165) is 31.4 Å². The van der Waals surface area contributed by atoms with Crippen molar-refractivity contribution in [2.75, 3.05) is 13.1 Å². The molecule has 104 valence electrons. The number of likely N-dealkylation sites (tertiary alicyclic amines) is 1. The second-order valence-corrected chi connectivity index (χ2v) is 5.49. The zero-order valence-electron chi connectivity index (χ0n) is 11.1. The molecular weight excluding hydrogens is 260 g/mol. The van der Waals surface area contributed by atoms with Crippen molar-refractivity contribution in [1.29, 1.82) is 0 Å². The van der Waals surface area contributed by atoms with Crippen molar-refractivity contribution < 1.29 is 4.79 Å². The van der Waals surface area contributed by atoms with Crippen LogP contribution in [0, 0.1) is 0 Å². The third kappa shape index (κ3) is 2.93. The number of nitrogens with zero attached hydrogens (tertiary/aromatic N) is 1. The summed E-state index contributed by atoms with van der Waals surface area (Å²) in [5.74, 6) is 0.153. The van der Waals surface area contributed by atoms with Crippen LogP contribution in [0.15, 0.2) is 18.2 Å². The van der Waals surface area contributed by atoms with Gasteiger partial charge in [0.1, 0.15) is 0 Å². The Kier molecular flexibility index (Phi) is 4.48. The molecule has 0 bridgehead atoms. The molecule has 1 fully saturated rings. The molecule has 0 radical (unpaired) electrons. The Morgan fingerprint density at radius 3 is 2.79 bits per heavy atom. The van der Waals surface area contributed by atoms with Crippen molar-refractivity contribution in [3.05, 3.63) is 34.9 Å². The molecule has 0 saturated carbocycles. The van der Waals surface area contributed by atoms with Crippen LogP contribution < -0.4 is 5.73 Å². The number of amides is 1. The van der Waals surface area contributed by atoms with Gasteiger partial charge in [-0.05, 0) is 55.4 Å². The number of carbonyl (C=O) groups is 1. The monoisotopic (exact) mass is 280 g/mol. The summed E-state index contributed by atoms with van der Waals surface area (Å²) in [4.78, 5) is 14.3. The van der Waals surface area contributed by atoms with E-state index in [2.05, 4.69) is 12.1 Å². The second kappa shape index (κ2) is 5.93. The highest BCUT2D eigenvalue weighted by molar-refractivity contribution is 5.94. The Bertz CT molecular complexity index is 475. The maximum absolute atomic E-state index is 12.4. The van der Waals surface area contributed by atoms with E-state index in [1.165, 1.54) is 24.0 Å². The van der Waals surface area contributed by atoms with Gasteiger partial charge in [-0.15, -0.1) is 12.4 Å². The van der Waals surface area contributed by atoms with E-state index in [4.69, 9.17) is 5.73 Å². The number of nitrogens with two attached hydrogens (primary N) is 1. The fraction of sp³-hybridized carbons (Fsp3) is 0.533. The lowest BCUT2D eigenvalue weighted by Crippen LogP contribution is -2.45. The van der Waals surface area contributed by atoms with Gasteiger partial charge in [0.25, 0.3) is 5.91 Å². The quantitative estimate of drug-likeness (QED) is 0.857. The van der Waals surface area contributed by atoms with Gasteiger partial charge in [-0.25, -0.2) is 0 Å². The van der Waals surface area contributed by atoms with Crippen LogP contribution in [0.2, 0.25) is 0 Å². The van der Waals surface area contributed by atoms with E-state index in [9.17, 15) is 4.79 Å². The third-order valence-electron chi connectivity index (χ3n) is 4.09. The molecule has 2 N–H and O–H groups in total. The predicted molar refractivity (Wildman–Crippen MR) is 78.8 cm³/mol. The van der Waals surface area contributed by atoms with E-state index in [0.29, 0.717) is 6.54 Å². The maximum atomic E-state index is 12.4. The molecule has 1 saturated heterocycles. The van der Waals surface area contributed by atoms with Gasteiger partial charge >= 0.3 is 0 Å². The molecule has 0 aromatic heterocycles. The Morgan fingerprint density at radius 1 is 1.21 bits per heavy atom. The minimum Gasteiger partial charge on any atom is -0.337 e. The van der Waals surface area contributed by atoms with Crippen LogP contribution in [0.5, 0.6) is 0 Å². The van der Waals surface area contributed by atoms with Gasteiger partial charge in [-0.2, -0.15) is 0 Å². The van der Waals surface area contributed by atoms with Crippen LogP contribution in [0.1, 0.15) is 40.7 Å². The molecule has 1 unspecified atom stereocenters. The van der Waals surface area contributed by atoms with E-state index >= 15 is 0 Å². The molecule has 1 aliphatic heterocycles. The Labute approximate surface area is 120 Å². The summed E-state index contributed by atoms with van der Waals surface area (Å²) in [5.41, 5.74) is 9.56. The minimum absolute atomic E-state index is 0. The van der Waals surface area contributed by atoms with Gasteiger partial charge < -0.3 is 10.6 Å². The van der Waals surface area contributed by atoms with Crippen molar-refractivity contribution in [2.24, 2.45) is 5.73 Å². The minimum atomic E-state index is 0. The molecule has 19 heavy (non-hydrogen) atoms. The third-order valence-corrected chi connectivity index (χ3v) is 4.09. The van der Waals surface area contributed by atoms with Gasteiger partial charge in [0.15, 0.2) is 0 Å². The Hall–Kier alpha value is -1.06. The van der Waals surface area contributed by atoms with Crippen molar-refractivity contribution in [3.8, 4) is 0 Å². The highest BCUT2D eigenvalue weighted by Gasteiger charge is 2.23. The fourth-order valence-electron chi connectivity index (χ4n) is 3.08. The van der Waals surface area contributed by atoms with Gasteiger partial charge in [0.05, 0.1) is 0 Å². The SMILES string of the molecule is Cl.NC1CCCN(C(=O)c2ccc3c(c2)CCC3)C1. The summed E-state index contributed by atoms with van der Waals surface area (Å²) in [6.45, 7) is 1.56. The lowest BCUT2D eigenvalue weighted by atomic mass is 10.0. The molecule has 3 rings (SSSR count). The maximum Gasteiger partial charge on any atom is 0.253 e. The molecule has 3 nitrogen and oxygen atoms in total. The summed E-state index contributed by atoms with van der Waals surface area (Å²) in [7, 11) is 0. The van der Waals surface area contributed by atoms with Crippen LogP contribution in [0.4, 0.5) is 0 Å². The molecule has 4 heteroatoms. The molecule has 0 spiro atoms. The predicted octanol–water partition coefficient (Wildman–Crippen LogP) is 2.16. The first kappa shape index (κ1) is 14.4. The normalized spacial score (nSPS) is 21.7. The molecule has 2 aliphatic rings. The number of carbonyl (C=O) groups excluding carboxylic acids is 1. The number of fused-ring (bicyclic) bond motifs is 1. The van der Waals surface area contributed by atoms with Crippen molar-refractivity contribution >= 4 is 18.3 Å². The summed E-state index contributed by atoms with van der Waals surface area (Å²) in [5, 5.41) is 0. The highest BCUT2D eigenvalue weighted by atomic mass is 35.5. The molecule has 1 aliphatic carbocycles. The van der Waals surface area contributed by atoms with Gasteiger partial charge in [0.2, 0.25) is 0 Å². The highest BCUT2D eigenvalue weighted by Crippen LogP contribution is 2.24. The molecule has 1 aromatic carbocycles. The molecular formula is C15H21ClN2O. The number of aryl methyl sites for hydroxylation is 2. The summed E-state index contributed by atoms with van der Waals surface area (Å²) in [6, 6.07) is 6.34. The lowest BCUT2D eigenvalue weighted by molar-refractivity contribution is 0.0708. The van der Waals surface area contributed by atoms with Crippen molar-refractivity contribution in [1.82, 2.24) is 4.90 Å². The summed E-state index contributed by atoms with van der Waals surface area (Å²) in [6.07, 6.45) is 5.57. The van der Waals surface area contributed by atoms with Gasteiger partial charge in [-0.3, -0.25) is 4.79 Å². The van der Waals surface area contributed by atoms with Crippen molar-refractivity contribution in [2.45, 2.75) is 38.1 Å². The smallest absolute Gasteiger partial charge is 0.253 e. The van der Waals surface area contributed by atoms with Crippen LogP contribution in [-0.2, 0) is 12.8 Å². The topological polar surface area (TPSA) is 46.3 Å². The molecule has 1 aromatic rings. The summed E-state index contributed by atoms with van der Waals surface area (Å²) < 4.78 is 0. The second-order valence-electron chi connectivity index (χ2n) is 5.49. The number of halogens is 1. The van der Waals surface area contributed by atoms with Gasteiger partial charge in [0, 0.05) is 24.7 Å². The van der Waals surface area contributed by atoms with E-state index < -0.39 is 0 Å². The number of piperidine rings is 1. The molecule has 1 amide bonds. The van der Waals surface area contributed by atoms with Gasteiger partial charge in [-0.1, -0.05) is 6.07 Å². The first-order valence-electron chi connectivity index (χ1n) is 6.91. The zero-order valence-corrected chi connectivity index (χ0v) is 11.9.